The van der Waals surface area contributed by atoms with E-state index in [1.165, 1.54) is 61.2 Å². The molecule has 34 heavy (non-hydrogen) atoms. The molecule has 0 radical (unpaired) electrons. The highest BCUT2D eigenvalue weighted by Gasteiger charge is 2.22. The van der Waals surface area contributed by atoms with Crippen LogP contribution in [0.1, 0.15) is 107 Å². The first kappa shape index (κ1) is 23.0. The molecule has 8 nitrogen and oxygen atoms in total. The van der Waals surface area contributed by atoms with Gasteiger partial charge >= 0.3 is 0 Å². The van der Waals surface area contributed by atoms with E-state index < -0.39 is 0 Å². The van der Waals surface area contributed by atoms with Gasteiger partial charge in [0.25, 0.3) is 11.8 Å². The summed E-state index contributed by atoms with van der Waals surface area (Å²) < 4.78 is 0. The quantitative estimate of drug-likeness (QED) is 0.434. The van der Waals surface area contributed by atoms with Crippen molar-refractivity contribution in [1.29, 1.82) is 0 Å². The van der Waals surface area contributed by atoms with Crippen molar-refractivity contribution in [3.63, 3.8) is 0 Å². The molecule has 10 heteroatoms. The lowest BCUT2D eigenvalue weighted by atomic mass is 9.90. The maximum atomic E-state index is 12.8. The van der Waals surface area contributed by atoms with Crippen molar-refractivity contribution in [2.24, 2.45) is 0 Å². The fourth-order valence-corrected chi connectivity index (χ4v) is 6.55. The first-order valence-corrected chi connectivity index (χ1v) is 13.7. The van der Waals surface area contributed by atoms with Gasteiger partial charge in [0, 0.05) is 23.0 Å². The maximum absolute atomic E-state index is 12.8. The number of carbonyl (C=O) groups is 2. The molecule has 2 fully saturated rings. The van der Waals surface area contributed by atoms with E-state index in [1.54, 1.807) is 24.3 Å². The summed E-state index contributed by atoms with van der Waals surface area (Å²) in [4.78, 5) is 25.6. The number of anilines is 2. The minimum Gasteiger partial charge on any atom is -0.296 e. The Balaban J connectivity index is 1.21. The Morgan fingerprint density at radius 3 is 1.56 bits per heavy atom. The normalized spacial score (nSPS) is 17.4. The van der Waals surface area contributed by atoms with E-state index in [0.29, 0.717) is 33.2 Å². The second-order valence-corrected chi connectivity index (χ2v) is 11.1. The number of nitrogens with one attached hydrogen (secondary N) is 2. The zero-order valence-corrected chi connectivity index (χ0v) is 20.6. The summed E-state index contributed by atoms with van der Waals surface area (Å²) in [6.07, 6.45) is 12.0. The summed E-state index contributed by atoms with van der Waals surface area (Å²) in [6.45, 7) is 0. The van der Waals surface area contributed by atoms with Crippen molar-refractivity contribution in [2.45, 2.75) is 76.0 Å². The van der Waals surface area contributed by atoms with E-state index >= 15 is 0 Å². The summed E-state index contributed by atoms with van der Waals surface area (Å²) in [5.74, 6) is 0.277. The monoisotopic (exact) mass is 496 g/mol. The molecule has 5 rings (SSSR count). The van der Waals surface area contributed by atoms with Crippen molar-refractivity contribution in [3.05, 3.63) is 45.4 Å². The first-order valence-electron chi connectivity index (χ1n) is 12.1. The Morgan fingerprint density at radius 1 is 0.676 bits per heavy atom. The van der Waals surface area contributed by atoms with Gasteiger partial charge in [-0.3, -0.25) is 20.2 Å². The number of benzene rings is 1. The average molecular weight is 497 g/mol. The lowest BCUT2D eigenvalue weighted by Crippen LogP contribution is -2.15. The molecule has 2 aliphatic rings. The lowest BCUT2D eigenvalue weighted by Gasteiger charge is -2.18. The maximum Gasteiger partial charge on any atom is 0.257 e. The van der Waals surface area contributed by atoms with Gasteiger partial charge in [0.15, 0.2) is 0 Å². The van der Waals surface area contributed by atoms with Gasteiger partial charge in [0.1, 0.15) is 10.0 Å². The van der Waals surface area contributed by atoms with Gasteiger partial charge < -0.3 is 0 Å². The summed E-state index contributed by atoms with van der Waals surface area (Å²) in [5.41, 5.74) is 0.782. The van der Waals surface area contributed by atoms with Crippen molar-refractivity contribution in [1.82, 2.24) is 20.4 Å². The molecule has 0 bridgehead atoms. The van der Waals surface area contributed by atoms with Crippen LogP contribution in [0.3, 0.4) is 0 Å². The zero-order chi connectivity index (χ0) is 23.3. The van der Waals surface area contributed by atoms with Crippen LogP contribution in [0.25, 0.3) is 0 Å². The predicted molar refractivity (Wildman–Crippen MR) is 134 cm³/mol. The Bertz CT molecular complexity index is 1060. The Hall–Kier alpha value is -2.72. The molecule has 0 unspecified atom stereocenters. The standard InChI is InChI=1S/C24H28N6O2S2/c31-19(25-23-29-27-21(33-23)15-8-3-1-4-9-15)17-12-7-13-18(14-17)20(32)26-24-30-28-22(34-24)16-10-5-2-6-11-16/h7,12-16H,1-6,8-11H2,(H,25,29,31)(H,26,30,32). The van der Waals surface area contributed by atoms with Crippen LogP contribution < -0.4 is 10.6 Å². The highest BCUT2D eigenvalue weighted by Crippen LogP contribution is 2.36. The molecular formula is C24H28N6O2S2. The predicted octanol–water partition coefficient (Wildman–Crippen LogP) is 5.99. The summed E-state index contributed by atoms with van der Waals surface area (Å²) in [5, 5.41) is 25.5. The minimum absolute atomic E-state index is 0.309. The van der Waals surface area contributed by atoms with E-state index in [0.717, 1.165) is 35.7 Å². The van der Waals surface area contributed by atoms with Crippen LogP contribution in [0.5, 0.6) is 0 Å². The summed E-state index contributed by atoms with van der Waals surface area (Å²) in [7, 11) is 0. The van der Waals surface area contributed by atoms with Crippen LogP contribution in [-0.4, -0.2) is 32.2 Å². The molecule has 0 atom stereocenters. The van der Waals surface area contributed by atoms with Crippen molar-refractivity contribution < 1.29 is 9.59 Å². The molecule has 0 aliphatic heterocycles. The van der Waals surface area contributed by atoms with Crippen LogP contribution >= 0.6 is 22.7 Å². The molecule has 0 spiro atoms. The van der Waals surface area contributed by atoms with Crippen LogP contribution in [0, 0.1) is 0 Å². The van der Waals surface area contributed by atoms with Crippen molar-refractivity contribution in [3.8, 4) is 0 Å². The zero-order valence-electron chi connectivity index (χ0n) is 19.0. The van der Waals surface area contributed by atoms with Crippen molar-refractivity contribution in [2.75, 3.05) is 10.6 Å². The van der Waals surface area contributed by atoms with E-state index in [2.05, 4.69) is 31.0 Å². The SMILES string of the molecule is O=C(Nc1nnc(C2CCCCC2)s1)c1cccc(C(=O)Nc2nnc(C3CCCCC3)s2)c1. The molecule has 2 heterocycles. The Kier molecular flexibility index (Phi) is 7.24. The Morgan fingerprint density at radius 2 is 1.12 bits per heavy atom. The van der Waals surface area contributed by atoms with Gasteiger partial charge in [0.2, 0.25) is 10.3 Å². The van der Waals surface area contributed by atoms with Gasteiger partial charge in [-0.05, 0) is 43.9 Å². The van der Waals surface area contributed by atoms with Crippen LogP contribution in [0.15, 0.2) is 24.3 Å². The molecule has 2 amide bonds. The molecule has 2 saturated carbocycles. The lowest BCUT2D eigenvalue weighted by molar-refractivity contribution is 0.102. The van der Waals surface area contributed by atoms with Gasteiger partial charge in [-0.25, -0.2) is 0 Å². The van der Waals surface area contributed by atoms with Crippen molar-refractivity contribution >= 4 is 44.8 Å². The molecular weight excluding hydrogens is 468 g/mol. The largest absolute Gasteiger partial charge is 0.296 e. The second kappa shape index (κ2) is 10.7. The first-order chi connectivity index (χ1) is 16.7. The van der Waals surface area contributed by atoms with Crippen LogP contribution in [0.4, 0.5) is 10.3 Å². The smallest absolute Gasteiger partial charge is 0.257 e. The minimum atomic E-state index is -0.309. The highest BCUT2D eigenvalue weighted by molar-refractivity contribution is 7.15. The number of rotatable bonds is 6. The molecule has 3 aromatic rings. The molecule has 2 N–H and O–H groups in total. The van der Waals surface area contributed by atoms with E-state index in [9.17, 15) is 9.59 Å². The van der Waals surface area contributed by atoms with E-state index in [-0.39, 0.29) is 11.8 Å². The molecule has 2 aliphatic carbocycles. The van der Waals surface area contributed by atoms with Gasteiger partial charge in [-0.1, -0.05) is 67.3 Å². The van der Waals surface area contributed by atoms with E-state index in [1.807, 2.05) is 0 Å². The number of amides is 2. The number of hydrogen-bond acceptors (Lipinski definition) is 8. The third kappa shape index (κ3) is 5.50. The summed E-state index contributed by atoms with van der Waals surface area (Å²) in [6, 6.07) is 6.64. The molecule has 2 aromatic heterocycles. The third-order valence-corrected chi connectivity index (χ3v) is 8.62. The van der Waals surface area contributed by atoms with Gasteiger partial charge in [-0.2, -0.15) is 0 Å². The fraction of sp³-hybridized carbons (Fsp3) is 0.500. The molecule has 0 saturated heterocycles. The van der Waals surface area contributed by atoms with Crippen LogP contribution in [-0.2, 0) is 0 Å². The second-order valence-electron chi connectivity index (χ2n) is 9.05. The third-order valence-electron chi connectivity index (χ3n) is 6.62. The number of aromatic nitrogens is 4. The fourth-order valence-electron chi connectivity index (χ4n) is 4.74. The topological polar surface area (TPSA) is 110 Å². The van der Waals surface area contributed by atoms with E-state index in [4.69, 9.17) is 0 Å². The molecule has 178 valence electrons. The number of carbonyl (C=O) groups excluding carboxylic acids is 2. The van der Waals surface area contributed by atoms with Gasteiger partial charge in [-0.15, -0.1) is 20.4 Å². The highest BCUT2D eigenvalue weighted by atomic mass is 32.1. The number of nitrogens with zero attached hydrogens (tertiary/aromatic N) is 4. The summed E-state index contributed by atoms with van der Waals surface area (Å²) >= 11 is 2.88. The average Bonchev–Trinajstić information content (AvgIpc) is 3.55. The molecule has 1 aromatic carbocycles. The van der Waals surface area contributed by atoms with Crippen LogP contribution in [0.2, 0.25) is 0 Å². The van der Waals surface area contributed by atoms with Gasteiger partial charge in [0.05, 0.1) is 0 Å². The Labute approximate surface area is 206 Å². The number of hydrogen-bond donors (Lipinski definition) is 2.